The fourth-order valence-corrected chi connectivity index (χ4v) is 1.37. The highest BCUT2D eigenvalue weighted by Gasteiger charge is 2.25. The van der Waals surface area contributed by atoms with Crippen molar-refractivity contribution in [3.63, 3.8) is 0 Å². The zero-order valence-electron chi connectivity index (χ0n) is 13.4. The molecule has 0 aliphatic heterocycles. The molecule has 0 aliphatic rings. The second kappa shape index (κ2) is 7.11. The van der Waals surface area contributed by atoms with Gasteiger partial charge in [0.25, 0.3) is 5.91 Å². The molecule has 0 radical (unpaired) electrons. The quantitative estimate of drug-likeness (QED) is 0.876. The maximum absolute atomic E-state index is 12.0. The molecule has 0 atom stereocenters. The lowest BCUT2D eigenvalue weighted by Gasteiger charge is -2.21. The molecule has 0 heterocycles. The van der Waals surface area contributed by atoms with Crippen molar-refractivity contribution in [1.82, 2.24) is 4.90 Å². The molecule has 0 saturated carbocycles. The molecule has 1 aromatic carbocycles. The van der Waals surface area contributed by atoms with Gasteiger partial charge in [-0.25, -0.2) is 0 Å². The molecule has 0 unspecified atom stereocenters. The summed E-state index contributed by atoms with van der Waals surface area (Å²) in [4.78, 5) is 24.9. The minimum absolute atomic E-state index is 0.00156. The van der Waals surface area contributed by atoms with Crippen molar-refractivity contribution in [2.45, 2.75) is 27.2 Å². The van der Waals surface area contributed by atoms with E-state index in [0.717, 1.165) is 6.42 Å². The number of nitrogens with zero attached hydrogens (tertiary/aromatic N) is 1. The average Bonchev–Trinajstić information content (AvgIpc) is 2.45. The minimum atomic E-state index is -0.396. The van der Waals surface area contributed by atoms with Crippen LogP contribution in [0.25, 0.3) is 0 Å². The Kier molecular flexibility index (Phi) is 5.76. The van der Waals surface area contributed by atoms with E-state index in [1.54, 1.807) is 38.4 Å². The Morgan fingerprint density at radius 1 is 1.19 bits per heavy atom. The van der Waals surface area contributed by atoms with E-state index < -0.39 is 5.41 Å². The number of carbonyl (C=O) groups is 2. The first-order chi connectivity index (χ1) is 9.76. The molecule has 2 amide bonds. The van der Waals surface area contributed by atoms with Crippen molar-refractivity contribution in [3.05, 3.63) is 24.3 Å². The lowest BCUT2D eigenvalue weighted by molar-refractivity contribution is -0.130. The Balaban J connectivity index is 2.58. The van der Waals surface area contributed by atoms with Crippen LogP contribution in [0.1, 0.15) is 27.2 Å². The van der Waals surface area contributed by atoms with E-state index in [0.29, 0.717) is 11.4 Å². The number of amides is 2. The van der Waals surface area contributed by atoms with Crippen molar-refractivity contribution in [1.29, 1.82) is 0 Å². The first kappa shape index (κ1) is 17.0. The molecule has 116 valence electrons. The van der Waals surface area contributed by atoms with E-state index in [2.05, 4.69) is 5.32 Å². The van der Waals surface area contributed by atoms with Crippen LogP contribution in [0, 0.1) is 5.41 Å². The maximum atomic E-state index is 12.0. The van der Waals surface area contributed by atoms with Crippen LogP contribution in [-0.4, -0.2) is 37.4 Å². The van der Waals surface area contributed by atoms with Gasteiger partial charge >= 0.3 is 0 Å². The van der Waals surface area contributed by atoms with Gasteiger partial charge in [-0.3, -0.25) is 9.59 Å². The SMILES string of the molecule is CCC(C)(C)C(=O)Nc1ccc(OCC(=O)N(C)C)cc1. The number of likely N-dealkylation sites (N-methyl/N-ethyl adjacent to an activating group) is 1. The number of hydrogen-bond donors (Lipinski definition) is 1. The minimum Gasteiger partial charge on any atom is -0.484 e. The molecule has 21 heavy (non-hydrogen) atoms. The van der Waals surface area contributed by atoms with Gasteiger partial charge in [0.05, 0.1) is 0 Å². The molecular weight excluding hydrogens is 268 g/mol. The molecule has 0 spiro atoms. The lowest BCUT2D eigenvalue weighted by Crippen LogP contribution is -2.30. The third-order valence-electron chi connectivity index (χ3n) is 3.47. The topological polar surface area (TPSA) is 58.6 Å². The van der Waals surface area contributed by atoms with Gasteiger partial charge in [-0.05, 0) is 30.7 Å². The molecule has 1 N–H and O–H groups in total. The van der Waals surface area contributed by atoms with Crippen molar-refractivity contribution in [3.8, 4) is 5.75 Å². The smallest absolute Gasteiger partial charge is 0.259 e. The molecule has 5 nitrogen and oxygen atoms in total. The summed E-state index contributed by atoms with van der Waals surface area (Å²) < 4.78 is 5.37. The number of ether oxygens (including phenoxy) is 1. The van der Waals surface area contributed by atoms with E-state index in [1.807, 2.05) is 20.8 Å². The van der Waals surface area contributed by atoms with Crippen LogP contribution in [0.4, 0.5) is 5.69 Å². The molecule has 0 aliphatic carbocycles. The molecule has 5 heteroatoms. The van der Waals surface area contributed by atoms with Gasteiger partial charge in [-0.1, -0.05) is 20.8 Å². The summed E-state index contributed by atoms with van der Waals surface area (Å²) in [5.74, 6) is 0.483. The average molecular weight is 292 g/mol. The molecular formula is C16H24N2O3. The lowest BCUT2D eigenvalue weighted by atomic mass is 9.89. The van der Waals surface area contributed by atoms with Crippen LogP contribution in [0.15, 0.2) is 24.3 Å². The number of carbonyl (C=O) groups excluding carboxylic acids is 2. The fraction of sp³-hybridized carbons (Fsp3) is 0.500. The highest BCUT2D eigenvalue weighted by molar-refractivity contribution is 5.94. The second-order valence-electron chi connectivity index (χ2n) is 5.79. The van der Waals surface area contributed by atoms with Crippen LogP contribution in [0.5, 0.6) is 5.75 Å². The molecule has 1 rings (SSSR count). The Bertz CT molecular complexity index is 493. The highest BCUT2D eigenvalue weighted by atomic mass is 16.5. The summed E-state index contributed by atoms with van der Waals surface area (Å²) in [6, 6.07) is 6.99. The Labute approximate surface area is 126 Å². The van der Waals surface area contributed by atoms with Gasteiger partial charge in [0, 0.05) is 25.2 Å². The number of benzene rings is 1. The van der Waals surface area contributed by atoms with Crippen LogP contribution < -0.4 is 10.1 Å². The van der Waals surface area contributed by atoms with Gasteiger partial charge in [0.1, 0.15) is 5.75 Å². The van der Waals surface area contributed by atoms with Crippen molar-refractivity contribution >= 4 is 17.5 Å². The maximum Gasteiger partial charge on any atom is 0.259 e. The van der Waals surface area contributed by atoms with Crippen molar-refractivity contribution in [2.24, 2.45) is 5.41 Å². The van der Waals surface area contributed by atoms with E-state index in [1.165, 1.54) is 4.90 Å². The van der Waals surface area contributed by atoms with Gasteiger partial charge < -0.3 is 15.0 Å². The number of nitrogens with one attached hydrogen (secondary N) is 1. The number of hydrogen-bond acceptors (Lipinski definition) is 3. The van der Waals surface area contributed by atoms with E-state index in [-0.39, 0.29) is 18.4 Å². The zero-order valence-corrected chi connectivity index (χ0v) is 13.4. The van der Waals surface area contributed by atoms with E-state index in [9.17, 15) is 9.59 Å². The molecule has 0 saturated heterocycles. The largest absolute Gasteiger partial charge is 0.484 e. The summed E-state index contributed by atoms with van der Waals surface area (Å²) in [6.07, 6.45) is 0.771. The van der Waals surface area contributed by atoms with Crippen LogP contribution >= 0.6 is 0 Å². The Morgan fingerprint density at radius 3 is 2.24 bits per heavy atom. The summed E-state index contributed by atoms with van der Waals surface area (Å²) >= 11 is 0. The van der Waals surface area contributed by atoms with E-state index in [4.69, 9.17) is 4.74 Å². The summed E-state index contributed by atoms with van der Waals surface area (Å²) in [7, 11) is 3.36. The Morgan fingerprint density at radius 2 is 1.76 bits per heavy atom. The third kappa shape index (κ3) is 5.10. The standard InChI is InChI=1S/C16H24N2O3/c1-6-16(2,3)15(20)17-12-7-9-13(10-8-12)21-11-14(19)18(4)5/h7-10H,6,11H2,1-5H3,(H,17,20). The van der Waals surface area contributed by atoms with Gasteiger partial charge in [0.2, 0.25) is 5.91 Å². The number of rotatable bonds is 6. The third-order valence-corrected chi connectivity index (χ3v) is 3.47. The second-order valence-corrected chi connectivity index (χ2v) is 5.79. The van der Waals surface area contributed by atoms with Gasteiger partial charge in [-0.2, -0.15) is 0 Å². The number of anilines is 1. The molecule has 0 aromatic heterocycles. The van der Waals surface area contributed by atoms with Crippen LogP contribution in [-0.2, 0) is 9.59 Å². The molecule has 0 fully saturated rings. The van der Waals surface area contributed by atoms with Crippen LogP contribution in [0.3, 0.4) is 0 Å². The normalized spacial score (nSPS) is 10.9. The predicted octanol–water partition coefficient (Wildman–Crippen LogP) is 2.53. The monoisotopic (exact) mass is 292 g/mol. The summed E-state index contributed by atoms with van der Waals surface area (Å²) in [5, 5.41) is 2.87. The fourth-order valence-electron chi connectivity index (χ4n) is 1.37. The summed E-state index contributed by atoms with van der Waals surface area (Å²) in [5.41, 5.74) is 0.320. The predicted molar refractivity (Wildman–Crippen MR) is 83.3 cm³/mol. The van der Waals surface area contributed by atoms with Crippen molar-refractivity contribution in [2.75, 3.05) is 26.0 Å². The first-order valence-corrected chi connectivity index (χ1v) is 7.00. The van der Waals surface area contributed by atoms with E-state index >= 15 is 0 Å². The summed E-state index contributed by atoms with van der Waals surface area (Å²) in [6.45, 7) is 5.80. The Hall–Kier alpha value is -2.04. The van der Waals surface area contributed by atoms with Crippen LogP contribution in [0.2, 0.25) is 0 Å². The highest BCUT2D eigenvalue weighted by Crippen LogP contribution is 2.23. The van der Waals surface area contributed by atoms with Crippen molar-refractivity contribution < 1.29 is 14.3 Å². The first-order valence-electron chi connectivity index (χ1n) is 7.00. The van der Waals surface area contributed by atoms with Gasteiger partial charge in [-0.15, -0.1) is 0 Å². The van der Waals surface area contributed by atoms with Gasteiger partial charge in [0.15, 0.2) is 6.61 Å². The molecule has 0 bridgehead atoms. The zero-order chi connectivity index (χ0) is 16.0. The molecule has 1 aromatic rings.